The zero-order valence-corrected chi connectivity index (χ0v) is 15.6. The smallest absolute Gasteiger partial charge is 0.321 e. The highest BCUT2D eigenvalue weighted by Gasteiger charge is 2.23. The molecule has 7 heteroatoms. The monoisotopic (exact) mass is 368 g/mol. The van der Waals surface area contributed by atoms with Gasteiger partial charge in [0.1, 0.15) is 0 Å². The summed E-state index contributed by atoms with van der Waals surface area (Å²) in [5.41, 5.74) is 3.01. The van der Waals surface area contributed by atoms with Crippen LogP contribution in [0.25, 0.3) is 0 Å². The Hall–Kier alpha value is -3.09. The van der Waals surface area contributed by atoms with Crippen molar-refractivity contribution in [1.29, 1.82) is 0 Å². The maximum absolute atomic E-state index is 12.5. The number of nitrogens with one attached hydrogen (secondary N) is 1. The highest BCUT2D eigenvalue weighted by molar-refractivity contribution is 5.89. The molecule has 0 bridgehead atoms. The Morgan fingerprint density at radius 2 is 1.67 bits per heavy atom. The number of ether oxygens (including phenoxy) is 2. The summed E-state index contributed by atoms with van der Waals surface area (Å²) in [5, 5.41) is 2.98. The predicted molar refractivity (Wildman–Crippen MR) is 106 cm³/mol. The molecule has 142 valence electrons. The van der Waals surface area contributed by atoms with E-state index < -0.39 is 0 Å². The number of carbonyl (C=O) groups is 1. The van der Waals surface area contributed by atoms with Crippen molar-refractivity contribution in [3.05, 3.63) is 42.5 Å². The van der Waals surface area contributed by atoms with Gasteiger partial charge in [0.25, 0.3) is 0 Å². The average Bonchev–Trinajstić information content (AvgIpc) is 3.16. The Balaban J connectivity index is 1.32. The zero-order valence-electron chi connectivity index (χ0n) is 15.6. The highest BCUT2D eigenvalue weighted by Crippen LogP contribution is 2.35. The molecule has 2 aliphatic heterocycles. The van der Waals surface area contributed by atoms with Gasteiger partial charge in [-0.1, -0.05) is 0 Å². The lowest BCUT2D eigenvalue weighted by Crippen LogP contribution is -2.50. The van der Waals surface area contributed by atoms with E-state index in [2.05, 4.69) is 10.2 Å². The van der Waals surface area contributed by atoms with Crippen LogP contribution in [0, 0.1) is 0 Å². The summed E-state index contributed by atoms with van der Waals surface area (Å²) >= 11 is 0. The van der Waals surface area contributed by atoms with Gasteiger partial charge in [-0.2, -0.15) is 0 Å². The van der Waals surface area contributed by atoms with E-state index in [4.69, 9.17) is 9.47 Å². The minimum absolute atomic E-state index is 0.0575. The molecule has 2 aromatic rings. The van der Waals surface area contributed by atoms with E-state index in [1.165, 1.54) is 0 Å². The van der Waals surface area contributed by atoms with E-state index in [-0.39, 0.29) is 12.8 Å². The molecule has 0 saturated carbocycles. The van der Waals surface area contributed by atoms with Crippen LogP contribution in [0.2, 0.25) is 0 Å². The summed E-state index contributed by atoms with van der Waals surface area (Å²) in [6.45, 7) is 3.20. The first-order valence-corrected chi connectivity index (χ1v) is 9.08. The number of anilines is 3. The fourth-order valence-electron chi connectivity index (χ4n) is 3.30. The molecule has 0 aromatic heterocycles. The lowest BCUT2D eigenvalue weighted by Gasteiger charge is -2.36. The molecule has 2 heterocycles. The minimum atomic E-state index is -0.0575. The van der Waals surface area contributed by atoms with Crippen molar-refractivity contribution >= 4 is 23.1 Å². The van der Waals surface area contributed by atoms with E-state index in [0.717, 1.165) is 41.7 Å². The summed E-state index contributed by atoms with van der Waals surface area (Å²) in [6.07, 6.45) is 0. The number of rotatable bonds is 3. The second kappa shape index (κ2) is 7.26. The largest absolute Gasteiger partial charge is 0.454 e. The minimum Gasteiger partial charge on any atom is -0.454 e. The third-order valence-corrected chi connectivity index (χ3v) is 4.92. The van der Waals surface area contributed by atoms with E-state index in [1.807, 2.05) is 66.4 Å². The maximum atomic E-state index is 12.5. The third-order valence-electron chi connectivity index (χ3n) is 4.92. The van der Waals surface area contributed by atoms with Gasteiger partial charge in [0, 0.05) is 63.4 Å². The van der Waals surface area contributed by atoms with Crippen LogP contribution in [0.5, 0.6) is 11.5 Å². The summed E-state index contributed by atoms with van der Waals surface area (Å²) in [6, 6.07) is 13.8. The summed E-state index contributed by atoms with van der Waals surface area (Å²) in [5.74, 6) is 1.57. The summed E-state index contributed by atoms with van der Waals surface area (Å²) in [7, 11) is 3.99. The first kappa shape index (κ1) is 17.3. The number of hydrogen-bond donors (Lipinski definition) is 1. The molecule has 0 radical (unpaired) electrons. The van der Waals surface area contributed by atoms with Crippen molar-refractivity contribution < 1.29 is 14.3 Å². The van der Waals surface area contributed by atoms with Crippen molar-refractivity contribution in [3.8, 4) is 11.5 Å². The Morgan fingerprint density at radius 3 is 2.37 bits per heavy atom. The van der Waals surface area contributed by atoms with Crippen molar-refractivity contribution in [2.75, 3.05) is 62.2 Å². The normalized spacial score (nSPS) is 15.6. The van der Waals surface area contributed by atoms with E-state index >= 15 is 0 Å². The van der Waals surface area contributed by atoms with Crippen LogP contribution in [0.15, 0.2) is 42.5 Å². The Bertz CT molecular complexity index is 814. The summed E-state index contributed by atoms with van der Waals surface area (Å²) < 4.78 is 10.8. The SMILES string of the molecule is CN(C)c1ccc(NC(=O)N2CCN(c3ccc4c(c3)OCO4)CC2)cc1. The van der Waals surface area contributed by atoms with Gasteiger partial charge in [-0.3, -0.25) is 0 Å². The number of nitrogens with zero attached hydrogens (tertiary/aromatic N) is 3. The Kier molecular flexibility index (Phi) is 4.66. The first-order valence-electron chi connectivity index (χ1n) is 9.08. The molecule has 4 rings (SSSR count). The second-order valence-corrected chi connectivity index (χ2v) is 6.88. The molecule has 0 atom stereocenters. The quantitative estimate of drug-likeness (QED) is 0.903. The molecular formula is C20H24N4O3. The zero-order chi connectivity index (χ0) is 18.8. The van der Waals surface area contributed by atoms with E-state index in [0.29, 0.717) is 13.1 Å². The maximum Gasteiger partial charge on any atom is 0.321 e. The number of carbonyl (C=O) groups excluding carboxylic acids is 1. The average molecular weight is 368 g/mol. The highest BCUT2D eigenvalue weighted by atomic mass is 16.7. The van der Waals surface area contributed by atoms with Crippen LogP contribution >= 0.6 is 0 Å². The molecule has 1 saturated heterocycles. The molecule has 1 fully saturated rings. The van der Waals surface area contributed by atoms with Gasteiger partial charge >= 0.3 is 6.03 Å². The second-order valence-electron chi connectivity index (χ2n) is 6.88. The number of urea groups is 1. The van der Waals surface area contributed by atoms with Crippen molar-refractivity contribution in [1.82, 2.24) is 4.90 Å². The molecule has 27 heavy (non-hydrogen) atoms. The molecule has 2 aromatic carbocycles. The van der Waals surface area contributed by atoms with Crippen molar-refractivity contribution in [2.45, 2.75) is 0 Å². The van der Waals surface area contributed by atoms with Crippen LogP contribution in [0.4, 0.5) is 21.9 Å². The van der Waals surface area contributed by atoms with Crippen LogP contribution < -0.4 is 24.6 Å². The van der Waals surface area contributed by atoms with Crippen LogP contribution in [-0.4, -0.2) is 58.0 Å². The van der Waals surface area contributed by atoms with Gasteiger partial charge in [0.15, 0.2) is 11.5 Å². The Morgan fingerprint density at radius 1 is 0.963 bits per heavy atom. The molecular weight excluding hydrogens is 344 g/mol. The van der Waals surface area contributed by atoms with E-state index in [1.54, 1.807) is 0 Å². The van der Waals surface area contributed by atoms with Gasteiger partial charge in [-0.15, -0.1) is 0 Å². The molecule has 1 N–H and O–H groups in total. The molecule has 2 aliphatic rings. The van der Waals surface area contributed by atoms with Gasteiger partial charge in [-0.05, 0) is 36.4 Å². The van der Waals surface area contributed by atoms with Crippen molar-refractivity contribution in [2.24, 2.45) is 0 Å². The Labute approximate surface area is 159 Å². The lowest BCUT2D eigenvalue weighted by molar-refractivity contribution is 0.174. The number of hydrogen-bond acceptors (Lipinski definition) is 5. The third kappa shape index (κ3) is 3.72. The van der Waals surface area contributed by atoms with Gasteiger partial charge in [-0.25, -0.2) is 4.79 Å². The number of benzene rings is 2. The molecule has 0 unspecified atom stereocenters. The van der Waals surface area contributed by atoms with Gasteiger partial charge in [0.05, 0.1) is 0 Å². The number of amides is 2. The molecule has 0 spiro atoms. The van der Waals surface area contributed by atoms with Gasteiger partial charge < -0.3 is 29.5 Å². The number of fused-ring (bicyclic) bond motifs is 1. The van der Waals surface area contributed by atoms with Crippen LogP contribution in [0.1, 0.15) is 0 Å². The summed E-state index contributed by atoms with van der Waals surface area (Å²) in [4.78, 5) is 18.7. The van der Waals surface area contributed by atoms with Crippen molar-refractivity contribution in [3.63, 3.8) is 0 Å². The van der Waals surface area contributed by atoms with E-state index in [9.17, 15) is 4.79 Å². The lowest BCUT2D eigenvalue weighted by atomic mass is 10.2. The fourth-order valence-corrected chi connectivity index (χ4v) is 3.30. The predicted octanol–water partition coefficient (Wildman–Crippen LogP) is 2.84. The standard InChI is InChI=1S/C20H24N4O3/c1-22(2)16-5-3-15(4-6-16)21-20(25)24-11-9-23(10-12-24)17-7-8-18-19(13-17)27-14-26-18/h3-8,13H,9-12,14H2,1-2H3,(H,21,25). The van der Waals surface area contributed by atoms with Gasteiger partial charge in [0.2, 0.25) is 6.79 Å². The molecule has 2 amide bonds. The topological polar surface area (TPSA) is 57.3 Å². The number of piperazine rings is 1. The molecule has 7 nitrogen and oxygen atoms in total. The fraction of sp³-hybridized carbons (Fsp3) is 0.350. The first-order chi connectivity index (χ1) is 13.1. The van der Waals surface area contributed by atoms with Crippen LogP contribution in [0.3, 0.4) is 0 Å². The van der Waals surface area contributed by atoms with Crippen LogP contribution in [-0.2, 0) is 0 Å². The molecule has 0 aliphatic carbocycles.